The third-order valence-corrected chi connectivity index (χ3v) is 2.33. The van der Waals surface area contributed by atoms with Crippen molar-refractivity contribution < 1.29 is 55.6 Å². The second-order valence-electron chi connectivity index (χ2n) is 4.24. The SMILES string of the molecule is O=C(O)c1ccc(C(=O)O)c(OCC(F)(F)F)c1OCC(F)(F)F. The fourth-order valence-corrected chi connectivity index (χ4v) is 1.49. The molecule has 0 heterocycles. The summed E-state index contributed by atoms with van der Waals surface area (Å²) < 4.78 is 81.8. The van der Waals surface area contributed by atoms with Gasteiger partial charge in [0.1, 0.15) is 11.1 Å². The molecule has 0 atom stereocenters. The number of aromatic carboxylic acids is 2. The Balaban J connectivity index is 3.42. The number of carboxylic acid groups (broad SMARTS) is 2. The molecule has 1 rings (SSSR count). The van der Waals surface area contributed by atoms with Gasteiger partial charge in [0.2, 0.25) is 0 Å². The number of hydrogen-bond acceptors (Lipinski definition) is 4. The highest BCUT2D eigenvalue weighted by atomic mass is 19.4. The molecule has 6 nitrogen and oxygen atoms in total. The van der Waals surface area contributed by atoms with Crippen molar-refractivity contribution in [2.45, 2.75) is 12.4 Å². The molecule has 12 heteroatoms. The van der Waals surface area contributed by atoms with Crippen molar-refractivity contribution in [3.05, 3.63) is 23.3 Å². The third kappa shape index (κ3) is 5.52. The van der Waals surface area contributed by atoms with Crippen LogP contribution in [0.25, 0.3) is 0 Å². The number of ether oxygens (including phenoxy) is 2. The van der Waals surface area contributed by atoms with E-state index in [0.717, 1.165) is 0 Å². The van der Waals surface area contributed by atoms with Crippen molar-refractivity contribution in [1.82, 2.24) is 0 Å². The molecule has 134 valence electrons. The van der Waals surface area contributed by atoms with Gasteiger partial charge in [0.25, 0.3) is 0 Å². The number of carbonyl (C=O) groups is 2. The molecule has 24 heavy (non-hydrogen) atoms. The van der Waals surface area contributed by atoms with E-state index < -0.39 is 60.1 Å². The van der Waals surface area contributed by atoms with Crippen LogP contribution < -0.4 is 9.47 Å². The Morgan fingerprint density at radius 2 is 1.08 bits per heavy atom. The first-order chi connectivity index (χ1) is 10.8. The Morgan fingerprint density at radius 1 is 0.792 bits per heavy atom. The summed E-state index contributed by atoms with van der Waals surface area (Å²) in [5, 5.41) is 17.8. The Kier molecular flexibility index (Phi) is 5.53. The predicted molar refractivity (Wildman–Crippen MR) is 63.5 cm³/mol. The lowest BCUT2D eigenvalue weighted by atomic mass is 10.1. The molecule has 0 fully saturated rings. The molecular formula is C12H8F6O6. The Morgan fingerprint density at radius 3 is 1.29 bits per heavy atom. The lowest BCUT2D eigenvalue weighted by Crippen LogP contribution is -2.23. The molecule has 0 aliphatic rings. The maximum absolute atomic E-state index is 12.2. The van der Waals surface area contributed by atoms with Gasteiger partial charge in [-0.3, -0.25) is 0 Å². The topological polar surface area (TPSA) is 93.1 Å². The van der Waals surface area contributed by atoms with E-state index in [0.29, 0.717) is 12.1 Å². The normalized spacial score (nSPS) is 11.9. The quantitative estimate of drug-likeness (QED) is 0.756. The van der Waals surface area contributed by atoms with Crippen LogP contribution in [-0.4, -0.2) is 47.7 Å². The maximum Gasteiger partial charge on any atom is 0.422 e. The zero-order chi connectivity index (χ0) is 18.7. The molecule has 0 saturated heterocycles. The number of benzene rings is 1. The van der Waals surface area contributed by atoms with Gasteiger partial charge in [-0.2, -0.15) is 26.3 Å². The van der Waals surface area contributed by atoms with Crippen LogP contribution in [0.15, 0.2) is 12.1 Å². The van der Waals surface area contributed by atoms with Crippen molar-refractivity contribution >= 4 is 11.9 Å². The van der Waals surface area contributed by atoms with Gasteiger partial charge >= 0.3 is 24.3 Å². The number of rotatable bonds is 6. The van der Waals surface area contributed by atoms with Gasteiger partial charge in [-0.25, -0.2) is 9.59 Å². The molecule has 0 saturated carbocycles. The highest BCUT2D eigenvalue weighted by Gasteiger charge is 2.34. The number of alkyl halides is 6. The van der Waals surface area contributed by atoms with Crippen molar-refractivity contribution in [2.24, 2.45) is 0 Å². The van der Waals surface area contributed by atoms with Crippen LogP contribution >= 0.6 is 0 Å². The van der Waals surface area contributed by atoms with Gasteiger partial charge in [0, 0.05) is 0 Å². The van der Waals surface area contributed by atoms with E-state index in [2.05, 4.69) is 9.47 Å². The highest BCUT2D eigenvalue weighted by Crippen LogP contribution is 2.37. The lowest BCUT2D eigenvalue weighted by Gasteiger charge is -2.18. The Bertz CT molecular complexity index is 581. The van der Waals surface area contributed by atoms with Crippen LogP contribution in [0.1, 0.15) is 20.7 Å². The molecule has 0 spiro atoms. The molecule has 0 bridgehead atoms. The van der Waals surface area contributed by atoms with Crippen LogP contribution in [0.4, 0.5) is 26.3 Å². The zero-order valence-corrected chi connectivity index (χ0v) is 11.4. The number of carboxylic acids is 2. The number of hydrogen-bond donors (Lipinski definition) is 2. The van der Waals surface area contributed by atoms with Crippen molar-refractivity contribution in [2.75, 3.05) is 13.2 Å². The standard InChI is InChI=1S/C12H8F6O6/c13-11(14,15)3-23-7-5(9(19)20)1-2-6(10(21)22)8(7)24-4-12(16,17)18/h1-2H,3-4H2,(H,19,20)(H,21,22). The average Bonchev–Trinajstić information content (AvgIpc) is 2.40. The summed E-state index contributed by atoms with van der Waals surface area (Å²) in [5.41, 5.74) is -1.97. The average molecular weight is 362 g/mol. The zero-order valence-electron chi connectivity index (χ0n) is 11.4. The van der Waals surface area contributed by atoms with E-state index in [1.165, 1.54) is 0 Å². The van der Waals surface area contributed by atoms with E-state index >= 15 is 0 Å². The molecule has 2 N–H and O–H groups in total. The molecule has 1 aromatic carbocycles. The van der Waals surface area contributed by atoms with Gasteiger partial charge < -0.3 is 19.7 Å². The monoisotopic (exact) mass is 362 g/mol. The molecule has 0 radical (unpaired) electrons. The molecular weight excluding hydrogens is 354 g/mol. The van der Waals surface area contributed by atoms with Crippen LogP contribution in [0.5, 0.6) is 11.5 Å². The number of halogens is 6. The van der Waals surface area contributed by atoms with Crippen LogP contribution in [-0.2, 0) is 0 Å². The van der Waals surface area contributed by atoms with Gasteiger partial charge in [-0.05, 0) is 12.1 Å². The minimum Gasteiger partial charge on any atom is -0.479 e. The van der Waals surface area contributed by atoms with Crippen molar-refractivity contribution in [3.63, 3.8) is 0 Å². The summed E-state index contributed by atoms with van der Waals surface area (Å²) in [5.74, 6) is -6.21. The summed E-state index contributed by atoms with van der Waals surface area (Å²) in [6.45, 7) is -4.11. The second kappa shape index (κ2) is 6.84. The van der Waals surface area contributed by atoms with E-state index in [9.17, 15) is 35.9 Å². The van der Waals surface area contributed by atoms with E-state index in [4.69, 9.17) is 10.2 Å². The van der Waals surface area contributed by atoms with Crippen LogP contribution in [0.2, 0.25) is 0 Å². The van der Waals surface area contributed by atoms with Gasteiger partial charge in [-0.1, -0.05) is 0 Å². The summed E-state index contributed by atoms with van der Waals surface area (Å²) in [7, 11) is 0. The highest BCUT2D eigenvalue weighted by molar-refractivity contribution is 5.98. The smallest absolute Gasteiger partial charge is 0.422 e. The summed E-state index contributed by atoms with van der Waals surface area (Å²) in [6.07, 6.45) is -9.90. The van der Waals surface area contributed by atoms with Crippen LogP contribution in [0.3, 0.4) is 0 Å². The molecule has 1 aromatic rings. The second-order valence-corrected chi connectivity index (χ2v) is 4.24. The third-order valence-electron chi connectivity index (χ3n) is 2.33. The van der Waals surface area contributed by atoms with Gasteiger partial charge in [0.15, 0.2) is 24.7 Å². The molecule has 0 aliphatic heterocycles. The lowest BCUT2D eigenvalue weighted by molar-refractivity contribution is -0.158. The molecule has 0 aromatic heterocycles. The van der Waals surface area contributed by atoms with E-state index in [1.807, 2.05) is 0 Å². The first-order valence-electron chi connectivity index (χ1n) is 5.84. The molecule has 0 amide bonds. The Hall–Kier alpha value is -2.66. The minimum absolute atomic E-state index is 0.581. The fraction of sp³-hybridized carbons (Fsp3) is 0.333. The summed E-state index contributed by atoms with van der Waals surface area (Å²) >= 11 is 0. The summed E-state index contributed by atoms with van der Waals surface area (Å²) in [4.78, 5) is 22.0. The largest absolute Gasteiger partial charge is 0.479 e. The predicted octanol–water partition coefficient (Wildman–Crippen LogP) is 2.97. The summed E-state index contributed by atoms with van der Waals surface area (Å²) in [6, 6.07) is 1.16. The molecule has 0 aliphatic carbocycles. The van der Waals surface area contributed by atoms with E-state index in [-0.39, 0.29) is 0 Å². The first-order valence-corrected chi connectivity index (χ1v) is 5.84. The first kappa shape index (κ1) is 19.4. The Labute approximate surface area is 129 Å². The molecule has 0 unspecified atom stereocenters. The van der Waals surface area contributed by atoms with Gasteiger partial charge in [-0.15, -0.1) is 0 Å². The van der Waals surface area contributed by atoms with Crippen LogP contribution in [0, 0.1) is 0 Å². The minimum atomic E-state index is -4.95. The maximum atomic E-state index is 12.2. The fourth-order valence-electron chi connectivity index (χ4n) is 1.49. The van der Waals surface area contributed by atoms with E-state index in [1.54, 1.807) is 0 Å². The van der Waals surface area contributed by atoms with Gasteiger partial charge in [0.05, 0.1) is 0 Å². The van der Waals surface area contributed by atoms with Crippen molar-refractivity contribution in [3.8, 4) is 11.5 Å². The van der Waals surface area contributed by atoms with Crippen molar-refractivity contribution in [1.29, 1.82) is 0 Å².